The molecule has 5 nitrogen and oxygen atoms in total. The summed E-state index contributed by atoms with van der Waals surface area (Å²) in [5, 5.41) is 4.85. The maximum absolute atomic E-state index is 13.8. The van der Waals surface area contributed by atoms with Gasteiger partial charge in [0.25, 0.3) is 10.0 Å². The molecule has 0 radical (unpaired) electrons. The van der Waals surface area contributed by atoms with Gasteiger partial charge in [-0.05, 0) is 48.5 Å². The zero-order valence-corrected chi connectivity index (χ0v) is 16.8. The highest BCUT2D eigenvalue weighted by molar-refractivity contribution is 7.92. The third kappa shape index (κ3) is 4.05. The second-order valence-corrected chi connectivity index (χ2v) is 8.47. The number of sulfonamides is 1. The minimum atomic E-state index is -3.98. The van der Waals surface area contributed by atoms with Gasteiger partial charge in [-0.15, -0.1) is 0 Å². The second kappa shape index (κ2) is 7.89. The molecule has 0 unspecified atom stereocenters. The lowest BCUT2D eigenvalue weighted by atomic mass is 10.1. The van der Waals surface area contributed by atoms with Gasteiger partial charge >= 0.3 is 0 Å². The Kier molecular flexibility index (Phi) is 5.27. The van der Waals surface area contributed by atoms with Gasteiger partial charge in [0, 0.05) is 16.1 Å². The van der Waals surface area contributed by atoms with Gasteiger partial charge in [-0.3, -0.25) is 0 Å². The first-order valence-corrected chi connectivity index (χ1v) is 10.6. The van der Waals surface area contributed by atoms with Gasteiger partial charge in [-0.1, -0.05) is 41.9 Å². The Morgan fingerprint density at radius 2 is 1.50 bits per heavy atom. The number of nitrogens with zero attached hydrogens (tertiary/aromatic N) is 2. The molecule has 1 N–H and O–H groups in total. The molecule has 1 aromatic heterocycles. The molecule has 0 saturated carbocycles. The molecule has 9 heteroatoms. The second-order valence-electron chi connectivity index (χ2n) is 6.37. The van der Waals surface area contributed by atoms with Crippen LogP contribution in [0.5, 0.6) is 0 Å². The van der Waals surface area contributed by atoms with E-state index in [-0.39, 0.29) is 16.2 Å². The van der Waals surface area contributed by atoms with Crippen molar-refractivity contribution >= 4 is 21.6 Å². The number of halogens is 3. The lowest BCUT2D eigenvalue weighted by Crippen LogP contribution is -2.25. The lowest BCUT2D eigenvalue weighted by Gasteiger charge is -2.11. The van der Waals surface area contributed by atoms with Gasteiger partial charge in [-0.25, -0.2) is 8.78 Å². The normalized spacial score (nSPS) is 11.4. The van der Waals surface area contributed by atoms with E-state index < -0.39 is 21.7 Å². The largest absolute Gasteiger partial charge is 0.276 e. The summed E-state index contributed by atoms with van der Waals surface area (Å²) in [5.74, 6) is -2.06. The van der Waals surface area contributed by atoms with Crippen LogP contribution in [0.4, 0.5) is 8.78 Å². The maximum atomic E-state index is 13.8. The quantitative estimate of drug-likeness (QED) is 0.466. The van der Waals surface area contributed by atoms with Crippen LogP contribution in [0.3, 0.4) is 0 Å². The Balaban J connectivity index is 1.83. The van der Waals surface area contributed by atoms with Crippen molar-refractivity contribution in [1.29, 1.82) is 0 Å². The minimum Gasteiger partial charge on any atom is -0.204 e. The van der Waals surface area contributed by atoms with Gasteiger partial charge in [0.05, 0.1) is 16.3 Å². The molecular formula is C21H14ClF2N3O2S. The molecule has 0 spiro atoms. The van der Waals surface area contributed by atoms with Crippen LogP contribution < -0.4 is 4.83 Å². The first-order valence-electron chi connectivity index (χ1n) is 8.73. The minimum absolute atomic E-state index is 0.0322. The summed E-state index contributed by atoms with van der Waals surface area (Å²) in [6, 6.07) is 19.4. The summed E-state index contributed by atoms with van der Waals surface area (Å²) in [6.07, 6.45) is 0. The van der Waals surface area contributed by atoms with Crippen LogP contribution >= 0.6 is 11.6 Å². The SMILES string of the molecule is O=S(=O)(Nn1nc(-c2ccc(Cl)cc2)cc1-c1ccc(F)c(F)c1)c1ccccc1. The third-order valence-corrected chi connectivity index (χ3v) is 5.88. The maximum Gasteiger partial charge on any atom is 0.276 e. The summed E-state index contributed by atoms with van der Waals surface area (Å²) >= 11 is 5.92. The first-order chi connectivity index (χ1) is 14.3. The number of rotatable bonds is 5. The van der Waals surface area contributed by atoms with Crippen LogP contribution in [0.15, 0.2) is 83.8 Å². The number of hydrogen-bond donors (Lipinski definition) is 1. The molecule has 0 aliphatic carbocycles. The molecule has 4 rings (SSSR count). The van der Waals surface area contributed by atoms with Gasteiger partial charge in [-0.2, -0.15) is 23.1 Å². The fourth-order valence-electron chi connectivity index (χ4n) is 2.84. The van der Waals surface area contributed by atoms with E-state index in [1.54, 1.807) is 48.5 Å². The zero-order valence-electron chi connectivity index (χ0n) is 15.3. The Morgan fingerprint density at radius 1 is 0.833 bits per heavy atom. The highest BCUT2D eigenvalue weighted by Crippen LogP contribution is 2.28. The Bertz CT molecular complexity index is 1310. The van der Waals surface area contributed by atoms with Gasteiger partial charge in [0.2, 0.25) is 0 Å². The highest BCUT2D eigenvalue weighted by Gasteiger charge is 2.19. The van der Waals surface area contributed by atoms with Gasteiger partial charge < -0.3 is 0 Å². The molecule has 0 fully saturated rings. The first kappa shape index (κ1) is 20.1. The summed E-state index contributed by atoms with van der Waals surface area (Å²) in [6.45, 7) is 0. The third-order valence-electron chi connectivity index (χ3n) is 4.32. The number of hydrogen-bond acceptors (Lipinski definition) is 3. The van der Waals surface area contributed by atoms with Crippen LogP contribution in [-0.2, 0) is 10.0 Å². The van der Waals surface area contributed by atoms with Gasteiger partial charge in [0.15, 0.2) is 11.6 Å². The zero-order chi connectivity index (χ0) is 21.3. The summed E-state index contributed by atoms with van der Waals surface area (Å²) in [5.41, 5.74) is 1.57. The number of nitrogens with one attached hydrogen (secondary N) is 1. The van der Waals surface area contributed by atoms with Crippen molar-refractivity contribution in [3.05, 3.63) is 95.5 Å². The molecule has 152 valence electrons. The summed E-state index contributed by atoms with van der Waals surface area (Å²) in [4.78, 5) is 3.43. The van der Waals surface area contributed by atoms with E-state index in [2.05, 4.69) is 9.93 Å². The molecule has 0 bridgehead atoms. The van der Waals surface area contributed by atoms with E-state index >= 15 is 0 Å². The van der Waals surface area contributed by atoms with Crippen molar-refractivity contribution in [2.24, 2.45) is 0 Å². The Labute approximate surface area is 176 Å². The average molecular weight is 446 g/mol. The molecule has 0 amide bonds. The molecule has 0 aliphatic rings. The van der Waals surface area contributed by atoms with Crippen molar-refractivity contribution in [3.63, 3.8) is 0 Å². The van der Waals surface area contributed by atoms with E-state index in [0.717, 1.165) is 16.9 Å². The van der Waals surface area contributed by atoms with E-state index in [4.69, 9.17) is 11.6 Å². The number of aromatic nitrogens is 2. The van der Waals surface area contributed by atoms with Crippen LogP contribution in [0, 0.1) is 11.6 Å². The van der Waals surface area contributed by atoms with Crippen molar-refractivity contribution < 1.29 is 17.2 Å². The van der Waals surface area contributed by atoms with Gasteiger partial charge in [0.1, 0.15) is 0 Å². The fourth-order valence-corrected chi connectivity index (χ4v) is 3.95. The van der Waals surface area contributed by atoms with E-state index in [1.165, 1.54) is 18.2 Å². The molecule has 0 aliphatic heterocycles. The van der Waals surface area contributed by atoms with Crippen molar-refractivity contribution in [2.75, 3.05) is 4.83 Å². The molecule has 0 atom stereocenters. The topological polar surface area (TPSA) is 64.0 Å². The smallest absolute Gasteiger partial charge is 0.204 e. The monoisotopic (exact) mass is 445 g/mol. The molecule has 1 heterocycles. The molecule has 4 aromatic rings. The lowest BCUT2D eigenvalue weighted by molar-refractivity contribution is 0.509. The molecule has 0 saturated heterocycles. The van der Waals surface area contributed by atoms with Crippen molar-refractivity contribution in [1.82, 2.24) is 9.89 Å². The predicted molar refractivity (Wildman–Crippen MR) is 111 cm³/mol. The fraction of sp³-hybridized carbons (Fsp3) is 0. The predicted octanol–water partition coefficient (Wildman–Crippen LogP) is 5.08. The molecule has 3 aromatic carbocycles. The van der Waals surface area contributed by atoms with Crippen LogP contribution in [-0.4, -0.2) is 18.3 Å². The number of benzene rings is 3. The van der Waals surface area contributed by atoms with Crippen molar-refractivity contribution in [3.8, 4) is 22.5 Å². The molecular weight excluding hydrogens is 432 g/mol. The van der Waals surface area contributed by atoms with Crippen LogP contribution in [0.25, 0.3) is 22.5 Å². The Hall–Kier alpha value is -3.23. The molecule has 30 heavy (non-hydrogen) atoms. The average Bonchev–Trinajstić information content (AvgIpc) is 3.14. The Morgan fingerprint density at radius 3 is 2.17 bits per heavy atom. The van der Waals surface area contributed by atoms with E-state index in [1.807, 2.05) is 0 Å². The van der Waals surface area contributed by atoms with Crippen LogP contribution in [0.1, 0.15) is 0 Å². The standard InChI is InChI=1S/C21H14ClF2N3O2S/c22-16-9-6-14(7-10-16)20-13-21(15-8-11-18(23)19(24)12-15)27(25-20)26-30(28,29)17-4-2-1-3-5-17/h1-13,26H. The summed E-state index contributed by atoms with van der Waals surface area (Å²) in [7, 11) is -3.98. The highest BCUT2D eigenvalue weighted by atomic mass is 35.5. The van der Waals surface area contributed by atoms with E-state index in [0.29, 0.717) is 16.3 Å². The van der Waals surface area contributed by atoms with E-state index in [9.17, 15) is 17.2 Å². The summed E-state index contributed by atoms with van der Waals surface area (Å²) < 4.78 is 52.8. The van der Waals surface area contributed by atoms with Crippen molar-refractivity contribution in [2.45, 2.75) is 4.90 Å². The van der Waals surface area contributed by atoms with Crippen LogP contribution in [0.2, 0.25) is 5.02 Å².